The topological polar surface area (TPSA) is 43.6 Å². The van der Waals surface area contributed by atoms with E-state index >= 15 is 0 Å². The van der Waals surface area contributed by atoms with Crippen molar-refractivity contribution in [1.82, 2.24) is 19.5 Å². The van der Waals surface area contributed by atoms with Crippen LogP contribution in [0.25, 0.3) is 87.1 Å². The number of hydrogen-bond acceptors (Lipinski definition) is 4. The maximum atomic E-state index is 5.17. The minimum Gasteiger partial charge on any atom is -0.309 e. The van der Waals surface area contributed by atoms with Crippen LogP contribution in [0.2, 0.25) is 0 Å². The van der Waals surface area contributed by atoms with Crippen LogP contribution in [0.1, 0.15) is 43.1 Å². The quantitative estimate of drug-likeness (QED) is 0.146. The summed E-state index contributed by atoms with van der Waals surface area (Å²) >= 11 is 1.82. The van der Waals surface area contributed by atoms with Gasteiger partial charge in [-0.2, -0.15) is 0 Å². The van der Waals surface area contributed by atoms with Gasteiger partial charge in [0.15, 0.2) is 17.5 Å². The minimum atomic E-state index is 0.421. The highest BCUT2D eigenvalue weighted by Gasteiger charge is 2.23. The normalized spacial score (nSPS) is 13.5. The molecule has 0 aliphatic heterocycles. The number of aryl methyl sites for hydroxylation is 1. The van der Waals surface area contributed by atoms with Crippen LogP contribution in [0.3, 0.4) is 0 Å². The third kappa shape index (κ3) is 6.66. The molecule has 0 amide bonds. The molecule has 61 heavy (non-hydrogen) atoms. The number of fused-ring (bicyclic) bond motifs is 6. The summed E-state index contributed by atoms with van der Waals surface area (Å²) in [6, 6.07) is 58.8. The molecule has 0 fully saturated rings. The van der Waals surface area contributed by atoms with Gasteiger partial charge in [0.1, 0.15) is 0 Å². The summed E-state index contributed by atoms with van der Waals surface area (Å²) in [5, 5.41) is 5.17. The Hall–Kier alpha value is -6.95. The molecule has 0 N–H and O–H groups in total. The molecular formula is C56H44N4S. The molecule has 294 valence electrons. The van der Waals surface area contributed by atoms with E-state index in [9.17, 15) is 0 Å². The molecule has 0 spiro atoms. The van der Waals surface area contributed by atoms with Gasteiger partial charge in [0.25, 0.3) is 0 Å². The fourth-order valence-electron chi connectivity index (χ4n) is 9.55. The van der Waals surface area contributed by atoms with Gasteiger partial charge in [-0.1, -0.05) is 152 Å². The van der Waals surface area contributed by atoms with E-state index in [1.165, 1.54) is 75.5 Å². The maximum absolute atomic E-state index is 5.17. The van der Waals surface area contributed by atoms with Gasteiger partial charge in [-0.3, -0.25) is 0 Å². The fourth-order valence-corrected chi connectivity index (χ4v) is 10.7. The lowest BCUT2D eigenvalue weighted by molar-refractivity contribution is 0.565. The molecule has 3 heterocycles. The van der Waals surface area contributed by atoms with Crippen molar-refractivity contribution in [2.45, 2.75) is 39.5 Å². The first kappa shape index (κ1) is 37.1. The van der Waals surface area contributed by atoms with Gasteiger partial charge in [0.05, 0.1) is 11.0 Å². The Balaban J connectivity index is 0.929. The Labute approximate surface area is 360 Å². The summed E-state index contributed by atoms with van der Waals surface area (Å²) in [6.45, 7) is 4.64. The zero-order valence-corrected chi connectivity index (χ0v) is 35.2. The Morgan fingerprint density at radius 1 is 0.557 bits per heavy atom. The van der Waals surface area contributed by atoms with E-state index in [1.807, 2.05) is 29.5 Å². The molecular weight excluding hydrogens is 761 g/mol. The van der Waals surface area contributed by atoms with Crippen molar-refractivity contribution in [3.63, 3.8) is 0 Å². The first-order valence-electron chi connectivity index (χ1n) is 21.4. The number of para-hydroxylation sites is 2. The summed E-state index contributed by atoms with van der Waals surface area (Å²) in [7, 11) is 0. The first-order valence-corrected chi connectivity index (χ1v) is 22.2. The van der Waals surface area contributed by atoms with E-state index in [0.29, 0.717) is 17.6 Å². The van der Waals surface area contributed by atoms with E-state index in [2.05, 4.69) is 176 Å². The molecule has 1 aliphatic rings. The third-order valence-corrected chi connectivity index (χ3v) is 13.8. The van der Waals surface area contributed by atoms with Gasteiger partial charge < -0.3 is 4.57 Å². The van der Waals surface area contributed by atoms with Gasteiger partial charge in [-0.05, 0) is 103 Å². The van der Waals surface area contributed by atoms with Gasteiger partial charge in [-0.15, -0.1) is 11.3 Å². The Morgan fingerprint density at radius 3 is 2.05 bits per heavy atom. The van der Waals surface area contributed by atoms with Crippen molar-refractivity contribution in [2.24, 2.45) is 5.92 Å². The molecule has 0 saturated carbocycles. The van der Waals surface area contributed by atoms with Crippen LogP contribution in [-0.4, -0.2) is 19.5 Å². The third-order valence-electron chi connectivity index (χ3n) is 12.7. The van der Waals surface area contributed by atoms with Crippen molar-refractivity contribution in [3.8, 4) is 39.6 Å². The lowest BCUT2D eigenvalue weighted by atomic mass is 9.81. The smallest absolute Gasteiger partial charge is 0.164 e. The van der Waals surface area contributed by atoms with Gasteiger partial charge >= 0.3 is 0 Å². The highest BCUT2D eigenvalue weighted by atomic mass is 32.1. The van der Waals surface area contributed by atoms with Crippen molar-refractivity contribution in [2.75, 3.05) is 0 Å². The molecule has 3 aromatic heterocycles. The average molecular weight is 805 g/mol. The van der Waals surface area contributed by atoms with E-state index in [4.69, 9.17) is 15.0 Å². The van der Waals surface area contributed by atoms with E-state index in [1.54, 1.807) is 0 Å². The van der Waals surface area contributed by atoms with Crippen LogP contribution in [0.5, 0.6) is 0 Å². The summed E-state index contributed by atoms with van der Waals surface area (Å²) in [5.74, 6) is 2.59. The lowest BCUT2D eigenvalue weighted by Gasteiger charge is -2.24. The number of hydrogen-bond donors (Lipinski definition) is 0. The average Bonchev–Trinajstić information content (AvgIpc) is 3.87. The van der Waals surface area contributed by atoms with Crippen LogP contribution >= 0.6 is 11.3 Å². The Bertz CT molecular complexity index is 3340. The first-order chi connectivity index (χ1) is 30.1. The van der Waals surface area contributed by atoms with Gasteiger partial charge in [0, 0.05) is 47.8 Å². The summed E-state index contributed by atoms with van der Waals surface area (Å²) in [6.07, 6.45) is 8.56. The second kappa shape index (κ2) is 15.6. The standard InChI is InChI=1S/C56H44N4S/c1-3-37(34-41-18-10-11-21-45(41)44-32-33-50-53(36(44)2)48-23-12-14-24-49(48)60(50)43-19-8-5-9-20-43)38-26-28-40(29-27-38)55-57-54(39-16-6-4-7-17-39)58-56(59-55)42-30-31-47-46-22-13-15-25-51(46)61-52(47)35-42/h4-26,28,30-33,35,37H,3,27,29,34H2,1-2H3. The van der Waals surface area contributed by atoms with Crippen molar-refractivity contribution >= 4 is 58.9 Å². The number of benzene rings is 7. The van der Waals surface area contributed by atoms with Crippen molar-refractivity contribution in [3.05, 3.63) is 198 Å². The van der Waals surface area contributed by atoms with Crippen molar-refractivity contribution in [1.29, 1.82) is 0 Å². The summed E-state index contributed by atoms with van der Waals surface area (Å²) in [5.41, 5.74) is 13.6. The molecule has 7 aromatic carbocycles. The number of rotatable bonds is 9. The minimum absolute atomic E-state index is 0.421. The van der Waals surface area contributed by atoms with Gasteiger partial charge in [-0.25, -0.2) is 15.0 Å². The van der Waals surface area contributed by atoms with Crippen molar-refractivity contribution < 1.29 is 0 Å². The molecule has 0 bridgehead atoms. The molecule has 1 unspecified atom stereocenters. The zero-order valence-electron chi connectivity index (χ0n) is 34.3. The van der Waals surface area contributed by atoms with Gasteiger partial charge in [0.2, 0.25) is 0 Å². The molecule has 10 aromatic rings. The number of allylic oxidation sites excluding steroid dienone is 4. The predicted octanol–water partition coefficient (Wildman–Crippen LogP) is 15.0. The molecule has 11 rings (SSSR count). The molecule has 5 heteroatoms. The van der Waals surface area contributed by atoms with Crippen LogP contribution in [0.15, 0.2) is 182 Å². The molecule has 1 atom stereocenters. The van der Waals surface area contributed by atoms with E-state index in [0.717, 1.165) is 48.2 Å². The molecule has 1 aliphatic carbocycles. The predicted molar refractivity (Wildman–Crippen MR) is 257 cm³/mol. The summed E-state index contributed by atoms with van der Waals surface area (Å²) in [4.78, 5) is 15.3. The summed E-state index contributed by atoms with van der Waals surface area (Å²) < 4.78 is 4.94. The molecule has 0 saturated heterocycles. The Kier molecular flexibility index (Phi) is 9.47. The number of aromatic nitrogens is 4. The second-order valence-corrected chi connectivity index (χ2v) is 17.3. The molecule has 4 nitrogen and oxygen atoms in total. The zero-order chi connectivity index (χ0) is 40.9. The largest absolute Gasteiger partial charge is 0.309 e. The highest BCUT2D eigenvalue weighted by Crippen LogP contribution is 2.41. The van der Waals surface area contributed by atoms with E-state index in [-0.39, 0.29) is 0 Å². The molecule has 0 radical (unpaired) electrons. The van der Waals surface area contributed by atoms with Crippen LogP contribution in [0.4, 0.5) is 0 Å². The Morgan fingerprint density at radius 2 is 1.25 bits per heavy atom. The second-order valence-electron chi connectivity index (χ2n) is 16.2. The van der Waals surface area contributed by atoms with Crippen LogP contribution in [0, 0.1) is 12.8 Å². The van der Waals surface area contributed by atoms with Crippen LogP contribution < -0.4 is 0 Å². The maximum Gasteiger partial charge on any atom is 0.164 e. The fraction of sp³-hybridized carbons (Fsp3) is 0.125. The SMILES string of the molecule is CCC(Cc1ccccc1-c1ccc2c(c1C)c1ccccc1n2-c1ccccc1)C1=CC=C(c2nc(-c3ccccc3)nc(-c3ccc4c(c3)sc3ccccc34)n2)CC1. The number of thiophene rings is 1. The van der Waals surface area contributed by atoms with Crippen LogP contribution in [-0.2, 0) is 6.42 Å². The highest BCUT2D eigenvalue weighted by molar-refractivity contribution is 7.25. The van der Waals surface area contributed by atoms with E-state index < -0.39 is 0 Å². The lowest BCUT2D eigenvalue weighted by Crippen LogP contribution is -2.11. The number of nitrogens with zero attached hydrogens (tertiary/aromatic N) is 4. The monoisotopic (exact) mass is 804 g/mol.